The summed E-state index contributed by atoms with van der Waals surface area (Å²) >= 11 is 6.08. The average Bonchev–Trinajstić information content (AvgIpc) is 2.77. The van der Waals surface area contributed by atoms with Gasteiger partial charge in [-0.1, -0.05) is 29.8 Å². The van der Waals surface area contributed by atoms with Gasteiger partial charge in [-0.3, -0.25) is 4.68 Å². The molecule has 1 aromatic heterocycles. The topological polar surface area (TPSA) is 53.1 Å². The van der Waals surface area contributed by atoms with Crippen LogP contribution < -0.4 is 10.5 Å². The van der Waals surface area contributed by atoms with Crippen LogP contribution in [-0.2, 0) is 6.54 Å². The Bertz CT molecular complexity index is 484. The van der Waals surface area contributed by atoms with Gasteiger partial charge in [-0.25, -0.2) is 0 Å². The summed E-state index contributed by atoms with van der Waals surface area (Å²) < 4.78 is 7.15. The van der Waals surface area contributed by atoms with Crippen molar-refractivity contribution in [3.05, 3.63) is 47.2 Å². The van der Waals surface area contributed by atoms with E-state index in [1.165, 1.54) is 0 Å². The van der Waals surface area contributed by atoms with Gasteiger partial charge in [0.1, 0.15) is 6.61 Å². The number of aromatic nitrogens is 2. The van der Waals surface area contributed by atoms with Crippen LogP contribution in [0.4, 0.5) is 0 Å². The van der Waals surface area contributed by atoms with Crippen molar-refractivity contribution >= 4 is 11.6 Å². The van der Waals surface area contributed by atoms with Gasteiger partial charge in [0.2, 0.25) is 0 Å². The SMILES string of the molecule is NCCOc1cnn(Cc2ccccc2Cl)c1. The van der Waals surface area contributed by atoms with Gasteiger partial charge in [-0.05, 0) is 11.6 Å². The second kappa shape index (κ2) is 5.70. The maximum absolute atomic E-state index is 6.08. The first-order valence-electron chi connectivity index (χ1n) is 5.38. The lowest BCUT2D eigenvalue weighted by atomic mass is 10.2. The van der Waals surface area contributed by atoms with Crippen LogP contribution in [0.5, 0.6) is 5.75 Å². The molecule has 0 unspecified atom stereocenters. The quantitative estimate of drug-likeness (QED) is 0.883. The second-order valence-corrected chi connectivity index (χ2v) is 4.01. The van der Waals surface area contributed by atoms with E-state index in [1.807, 2.05) is 30.5 Å². The number of benzene rings is 1. The van der Waals surface area contributed by atoms with Crippen LogP contribution in [-0.4, -0.2) is 22.9 Å². The molecule has 0 aliphatic rings. The van der Waals surface area contributed by atoms with Gasteiger partial charge in [0.15, 0.2) is 5.75 Å². The summed E-state index contributed by atoms with van der Waals surface area (Å²) in [6.07, 6.45) is 3.51. The van der Waals surface area contributed by atoms with E-state index in [-0.39, 0.29) is 0 Å². The Morgan fingerprint density at radius 2 is 2.18 bits per heavy atom. The molecule has 2 rings (SSSR count). The number of nitrogens with zero attached hydrogens (tertiary/aromatic N) is 2. The summed E-state index contributed by atoms with van der Waals surface area (Å²) in [5.41, 5.74) is 6.39. The van der Waals surface area contributed by atoms with Gasteiger partial charge in [-0.2, -0.15) is 5.10 Å². The standard InChI is InChI=1S/C12H14ClN3O/c13-12-4-2-1-3-10(12)8-16-9-11(7-15-16)17-6-5-14/h1-4,7,9H,5-6,8,14H2. The smallest absolute Gasteiger partial charge is 0.157 e. The highest BCUT2D eigenvalue weighted by Gasteiger charge is 2.03. The zero-order valence-electron chi connectivity index (χ0n) is 9.34. The first-order valence-corrected chi connectivity index (χ1v) is 5.76. The molecule has 0 fully saturated rings. The van der Waals surface area contributed by atoms with Crippen molar-refractivity contribution in [1.82, 2.24) is 9.78 Å². The average molecular weight is 252 g/mol. The fourth-order valence-corrected chi connectivity index (χ4v) is 1.68. The van der Waals surface area contributed by atoms with E-state index in [9.17, 15) is 0 Å². The highest BCUT2D eigenvalue weighted by atomic mass is 35.5. The second-order valence-electron chi connectivity index (χ2n) is 3.60. The number of halogens is 1. The molecule has 0 radical (unpaired) electrons. The monoisotopic (exact) mass is 251 g/mol. The summed E-state index contributed by atoms with van der Waals surface area (Å²) in [7, 11) is 0. The van der Waals surface area contributed by atoms with Gasteiger partial charge >= 0.3 is 0 Å². The van der Waals surface area contributed by atoms with Crippen molar-refractivity contribution in [2.75, 3.05) is 13.2 Å². The first-order chi connectivity index (χ1) is 8.29. The van der Waals surface area contributed by atoms with Crippen LogP contribution in [0.15, 0.2) is 36.7 Å². The van der Waals surface area contributed by atoms with Crippen molar-refractivity contribution in [3.8, 4) is 5.75 Å². The third-order valence-corrected chi connectivity index (χ3v) is 2.66. The van der Waals surface area contributed by atoms with E-state index in [1.54, 1.807) is 10.9 Å². The third-order valence-electron chi connectivity index (χ3n) is 2.29. The largest absolute Gasteiger partial charge is 0.489 e. The molecule has 0 saturated carbocycles. The Labute approximate surface area is 105 Å². The number of nitrogens with two attached hydrogens (primary N) is 1. The minimum absolute atomic E-state index is 0.496. The lowest BCUT2D eigenvalue weighted by Gasteiger charge is -2.03. The molecule has 90 valence electrons. The van der Waals surface area contributed by atoms with Gasteiger partial charge in [0.25, 0.3) is 0 Å². The molecule has 2 aromatic rings. The molecular formula is C12H14ClN3O. The number of hydrogen-bond acceptors (Lipinski definition) is 3. The van der Waals surface area contributed by atoms with E-state index in [0.29, 0.717) is 19.7 Å². The Morgan fingerprint density at radius 1 is 1.35 bits per heavy atom. The Hall–Kier alpha value is -1.52. The van der Waals surface area contributed by atoms with Crippen LogP contribution >= 0.6 is 11.6 Å². The van der Waals surface area contributed by atoms with Crippen molar-refractivity contribution in [2.45, 2.75) is 6.54 Å². The van der Waals surface area contributed by atoms with Crippen LogP contribution in [0.3, 0.4) is 0 Å². The lowest BCUT2D eigenvalue weighted by Crippen LogP contribution is -2.10. The predicted octanol–water partition coefficient (Wildman–Crippen LogP) is 1.92. The fraction of sp³-hybridized carbons (Fsp3) is 0.250. The first kappa shape index (κ1) is 12.0. The number of rotatable bonds is 5. The van der Waals surface area contributed by atoms with Gasteiger partial charge in [-0.15, -0.1) is 0 Å². The molecule has 2 N–H and O–H groups in total. The molecule has 0 bridgehead atoms. The summed E-state index contributed by atoms with van der Waals surface area (Å²) in [6, 6.07) is 7.71. The predicted molar refractivity (Wildman–Crippen MR) is 67.3 cm³/mol. The maximum atomic E-state index is 6.08. The van der Waals surface area contributed by atoms with Crippen LogP contribution in [0, 0.1) is 0 Å². The summed E-state index contributed by atoms with van der Waals surface area (Å²) in [5.74, 6) is 0.725. The van der Waals surface area contributed by atoms with E-state index in [4.69, 9.17) is 22.1 Å². The van der Waals surface area contributed by atoms with Gasteiger partial charge in [0, 0.05) is 11.6 Å². The molecule has 17 heavy (non-hydrogen) atoms. The summed E-state index contributed by atoms with van der Waals surface area (Å²) in [4.78, 5) is 0. The van der Waals surface area contributed by atoms with Gasteiger partial charge in [0.05, 0.1) is 18.9 Å². The highest BCUT2D eigenvalue weighted by Crippen LogP contribution is 2.17. The van der Waals surface area contributed by atoms with Crippen molar-refractivity contribution in [3.63, 3.8) is 0 Å². The highest BCUT2D eigenvalue weighted by molar-refractivity contribution is 6.31. The number of ether oxygens (including phenoxy) is 1. The normalized spacial score (nSPS) is 10.5. The van der Waals surface area contributed by atoms with Crippen LogP contribution in [0.1, 0.15) is 5.56 Å². The molecule has 1 aromatic carbocycles. The van der Waals surface area contributed by atoms with Crippen molar-refractivity contribution < 1.29 is 4.74 Å². The Balaban J connectivity index is 2.04. The third kappa shape index (κ3) is 3.22. The Kier molecular flexibility index (Phi) is 4.01. The number of hydrogen-bond donors (Lipinski definition) is 1. The van der Waals surface area contributed by atoms with E-state index in [0.717, 1.165) is 16.3 Å². The van der Waals surface area contributed by atoms with Crippen molar-refractivity contribution in [1.29, 1.82) is 0 Å². The zero-order valence-corrected chi connectivity index (χ0v) is 10.1. The molecule has 0 aliphatic carbocycles. The minimum Gasteiger partial charge on any atom is -0.489 e. The van der Waals surface area contributed by atoms with E-state index < -0.39 is 0 Å². The molecule has 1 heterocycles. The molecule has 5 heteroatoms. The summed E-state index contributed by atoms with van der Waals surface area (Å²) in [6.45, 7) is 1.62. The molecule has 0 saturated heterocycles. The van der Waals surface area contributed by atoms with E-state index >= 15 is 0 Å². The summed E-state index contributed by atoms with van der Waals surface area (Å²) in [5, 5.41) is 4.94. The minimum atomic E-state index is 0.496. The maximum Gasteiger partial charge on any atom is 0.157 e. The lowest BCUT2D eigenvalue weighted by molar-refractivity contribution is 0.328. The Morgan fingerprint density at radius 3 is 2.94 bits per heavy atom. The molecular weight excluding hydrogens is 238 g/mol. The van der Waals surface area contributed by atoms with Crippen LogP contribution in [0.25, 0.3) is 0 Å². The van der Waals surface area contributed by atoms with E-state index in [2.05, 4.69) is 5.10 Å². The molecule has 0 aliphatic heterocycles. The molecule has 0 spiro atoms. The molecule has 0 amide bonds. The zero-order chi connectivity index (χ0) is 12.1. The fourth-order valence-electron chi connectivity index (χ4n) is 1.48. The molecule has 4 nitrogen and oxygen atoms in total. The van der Waals surface area contributed by atoms with Crippen LogP contribution in [0.2, 0.25) is 5.02 Å². The van der Waals surface area contributed by atoms with Gasteiger partial charge < -0.3 is 10.5 Å². The van der Waals surface area contributed by atoms with Crippen molar-refractivity contribution in [2.24, 2.45) is 5.73 Å². The molecule has 0 atom stereocenters.